The van der Waals surface area contributed by atoms with Crippen molar-refractivity contribution in [2.24, 2.45) is 0 Å². The van der Waals surface area contributed by atoms with E-state index < -0.39 is 5.97 Å². The topological polar surface area (TPSA) is 82.8 Å². The number of thiazole rings is 1. The summed E-state index contributed by atoms with van der Waals surface area (Å²) in [6, 6.07) is 16.4. The summed E-state index contributed by atoms with van der Waals surface area (Å²) in [7, 11) is 2.79. The molecular formula is C23H19N3O4S. The van der Waals surface area contributed by atoms with E-state index in [1.807, 2.05) is 37.3 Å². The average Bonchev–Trinajstić information content (AvgIpc) is 3.36. The molecule has 0 amide bonds. The highest BCUT2D eigenvalue weighted by molar-refractivity contribution is 7.18. The molecule has 156 valence electrons. The van der Waals surface area contributed by atoms with Gasteiger partial charge in [0.15, 0.2) is 11.6 Å². The molecule has 4 rings (SSSR count). The number of ether oxygens (including phenoxy) is 2. The molecule has 0 N–H and O–H groups in total. The Labute approximate surface area is 182 Å². The highest BCUT2D eigenvalue weighted by atomic mass is 32.1. The lowest BCUT2D eigenvalue weighted by Gasteiger charge is -2.04. The first kappa shape index (κ1) is 20.5. The zero-order valence-electron chi connectivity index (χ0n) is 17.2. The Morgan fingerprint density at radius 1 is 1.00 bits per heavy atom. The van der Waals surface area contributed by atoms with Crippen LogP contribution in [0, 0.1) is 6.92 Å². The van der Waals surface area contributed by atoms with Crippen LogP contribution in [-0.2, 0) is 14.3 Å². The van der Waals surface area contributed by atoms with Crippen LogP contribution < -0.4 is 0 Å². The zero-order chi connectivity index (χ0) is 22.0. The van der Waals surface area contributed by atoms with Crippen LogP contribution >= 0.6 is 11.3 Å². The number of aryl methyl sites for hydroxylation is 1. The first-order valence-electron chi connectivity index (χ1n) is 9.41. The Morgan fingerprint density at radius 3 is 2.29 bits per heavy atom. The molecule has 4 aromatic rings. The highest BCUT2D eigenvalue weighted by Gasteiger charge is 2.22. The lowest BCUT2D eigenvalue weighted by molar-refractivity contribution is -0.133. The van der Waals surface area contributed by atoms with Gasteiger partial charge in [0.05, 0.1) is 31.1 Å². The molecule has 0 saturated heterocycles. The molecule has 31 heavy (non-hydrogen) atoms. The number of carbonyl (C=O) groups is 2. The van der Waals surface area contributed by atoms with Crippen molar-refractivity contribution in [2.75, 3.05) is 14.2 Å². The second-order valence-electron chi connectivity index (χ2n) is 6.68. The summed E-state index contributed by atoms with van der Waals surface area (Å²) in [5.74, 6) is 0.00925. The summed E-state index contributed by atoms with van der Waals surface area (Å²) in [4.78, 5) is 30.6. The van der Waals surface area contributed by atoms with Gasteiger partial charge in [-0.15, -0.1) is 5.10 Å². The fourth-order valence-corrected chi connectivity index (χ4v) is 4.22. The number of fused-ring (bicyclic) bond motifs is 1. The number of carbonyl (C=O) groups excluding carboxylic acids is 2. The largest absolute Gasteiger partial charge is 0.503 e. The van der Waals surface area contributed by atoms with Crippen molar-refractivity contribution in [3.8, 4) is 11.4 Å². The summed E-state index contributed by atoms with van der Waals surface area (Å²) < 4.78 is 11.6. The molecular weight excluding hydrogens is 414 g/mol. The summed E-state index contributed by atoms with van der Waals surface area (Å²) in [5, 5.41) is 4.57. The number of nitrogens with zero attached hydrogens (tertiary/aromatic N) is 3. The van der Waals surface area contributed by atoms with Gasteiger partial charge in [-0.25, -0.2) is 9.31 Å². The number of esters is 1. The third-order valence-corrected chi connectivity index (χ3v) is 5.91. The van der Waals surface area contributed by atoms with Gasteiger partial charge in [-0.3, -0.25) is 4.79 Å². The summed E-state index contributed by atoms with van der Waals surface area (Å²) in [5.41, 5.74) is 3.10. The second kappa shape index (κ2) is 8.53. The van der Waals surface area contributed by atoms with E-state index >= 15 is 0 Å². The maximum Gasteiger partial charge on any atom is 0.342 e. The molecule has 0 radical (unpaired) electrons. The molecule has 0 spiro atoms. The molecule has 2 aromatic heterocycles. The van der Waals surface area contributed by atoms with E-state index in [9.17, 15) is 9.59 Å². The number of ketones is 1. The molecule has 0 atom stereocenters. The van der Waals surface area contributed by atoms with Gasteiger partial charge in [0.1, 0.15) is 5.57 Å². The van der Waals surface area contributed by atoms with E-state index in [1.165, 1.54) is 31.8 Å². The van der Waals surface area contributed by atoms with Gasteiger partial charge >= 0.3 is 5.97 Å². The third-order valence-electron chi connectivity index (χ3n) is 4.74. The van der Waals surface area contributed by atoms with E-state index in [0.29, 0.717) is 32.4 Å². The van der Waals surface area contributed by atoms with E-state index in [2.05, 4.69) is 10.1 Å². The predicted octanol–water partition coefficient (Wildman–Crippen LogP) is 4.16. The normalized spacial score (nSPS) is 11.5. The smallest absolute Gasteiger partial charge is 0.342 e. The molecule has 0 fully saturated rings. The second-order valence-corrected chi connectivity index (χ2v) is 7.66. The molecule has 0 saturated carbocycles. The maximum atomic E-state index is 12.6. The molecule has 0 aliphatic heterocycles. The van der Waals surface area contributed by atoms with Crippen LogP contribution in [0.25, 0.3) is 21.9 Å². The summed E-state index contributed by atoms with van der Waals surface area (Å²) >= 11 is 1.32. The van der Waals surface area contributed by atoms with E-state index in [-0.39, 0.29) is 5.78 Å². The molecule has 7 nitrogen and oxygen atoms in total. The fraction of sp³-hybridized carbons (Fsp3) is 0.130. The highest BCUT2D eigenvalue weighted by Crippen LogP contribution is 2.31. The van der Waals surface area contributed by atoms with Gasteiger partial charge in [0, 0.05) is 16.7 Å². The van der Waals surface area contributed by atoms with Crippen LogP contribution in [0.5, 0.6) is 0 Å². The van der Waals surface area contributed by atoms with Crippen molar-refractivity contribution >= 4 is 33.6 Å². The Morgan fingerprint density at radius 2 is 1.68 bits per heavy atom. The number of rotatable bonds is 6. The van der Waals surface area contributed by atoms with E-state index in [4.69, 9.17) is 9.47 Å². The third kappa shape index (κ3) is 3.85. The standard InChI is InChI=1S/C23H19N3O4S/c1-14-20(18(13-29-2)22(28)30-3)31-23-24-21(25-26(14)23)17-11-9-16(10-12-17)19(27)15-7-5-4-6-8-15/h4-13H,1-3H3/b18-13-. The van der Waals surface area contributed by atoms with Crippen LogP contribution in [0.15, 0.2) is 60.9 Å². The molecule has 0 unspecified atom stereocenters. The SMILES string of the molecule is CO/C=C(\C(=O)OC)c1sc2nc(-c3ccc(C(=O)c4ccccc4)cc3)nn2c1C. The minimum Gasteiger partial charge on any atom is -0.503 e. The molecule has 0 bridgehead atoms. The Kier molecular flexibility index (Phi) is 5.64. The van der Waals surface area contributed by atoms with E-state index in [0.717, 1.165) is 11.3 Å². The summed E-state index contributed by atoms with van der Waals surface area (Å²) in [6.45, 7) is 1.85. The molecule has 0 aliphatic rings. The first-order valence-corrected chi connectivity index (χ1v) is 10.2. The Balaban J connectivity index is 1.65. The number of hydrogen-bond acceptors (Lipinski definition) is 7. The van der Waals surface area contributed by atoms with Crippen LogP contribution in [0.1, 0.15) is 26.5 Å². The number of aromatic nitrogens is 3. The monoisotopic (exact) mass is 433 g/mol. The van der Waals surface area contributed by atoms with Gasteiger partial charge in [-0.05, 0) is 6.92 Å². The number of hydrogen-bond donors (Lipinski definition) is 0. The number of benzene rings is 2. The molecule has 2 aromatic carbocycles. The van der Waals surface area contributed by atoms with E-state index in [1.54, 1.807) is 28.8 Å². The van der Waals surface area contributed by atoms with Gasteiger partial charge in [-0.1, -0.05) is 65.9 Å². The van der Waals surface area contributed by atoms with Gasteiger partial charge in [0.2, 0.25) is 4.96 Å². The fourth-order valence-electron chi connectivity index (χ4n) is 3.16. The Hall–Kier alpha value is -3.78. The minimum atomic E-state index is -0.492. The predicted molar refractivity (Wildman–Crippen MR) is 118 cm³/mol. The van der Waals surface area contributed by atoms with Crippen LogP contribution in [0.2, 0.25) is 0 Å². The molecule has 2 heterocycles. The quantitative estimate of drug-likeness (QED) is 0.197. The Bertz CT molecular complexity index is 1290. The lowest BCUT2D eigenvalue weighted by Crippen LogP contribution is -2.05. The van der Waals surface area contributed by atoms with Crippen molar-refractivity contribution in [3.05, 3.63) is 82.6 Å². The minimum absolute atomic E-state index is 0.0355. The molecule has 0 aliphatic carbocycles. The average molecular weight is 433 g/mol. The van der Waals surface area contributed by atoms with Crippen LogP contribution in [-0.4, -0.2) is 40.6 Å². The van der Waals surface area contributed by atoms with Crippen molar-refractivity contribution in [1.82, 2.24) is 14.6 Å². The van der Waals surface area contributed by atoms with Crippen molar-refractivity contribution in [3.63, 3.8) is 0 Å². The van der Waals surface area contributed by atoms with Crippen molar-refractivity contribution < 1.29 is 19.1 Å². The maximum absolute atomic E-state index is 12.6. The van der Waals surface area contributed by atoms with Crippen molar-refractivity contribution in [2.45, 2.75) is 6.92 Å². The lowest BCUT2D eigenvalue weighted by atomic mass is 10.0. The van der Waals surface area contributed by atoms with Crippen molar-refractivity contribution in [1.29, 1.82) is 0 Å². The molecule has 8 heteroatoms. The van der Waals surface area contributed by atoms with Gasteiger partial charge in [-0.2, -0.15) is 4.98 Å². The number of methoxy groups -OCH3 is 2. The van der Waals surface area contributed by atoms with Crippen LogP contribution in [0.3, 0.4) is 0 Å². The first-order chi connectivity index (χ1) is 15.0. The van der Waals surface area contributed by atoms with Crippen LogP contribution in [0.4, 0.5) is 0 Å². The zero-order valence-corrected chi connectivity index (χ0v) is 18.0. The van der Waals surface area contributed by atoms with Gasteiger partial charge < -0.3 is 9.47 Å². The summed E-state index contributed by atoms with van der Waals surface area (Å²) in [6.07, 6.45) is 1.35. The van der Waals surface area contributed by atoms with Gasteiger partial charge in [0.25, 0.3) is 0 Å².